The third kappa shape index (κ3) is 4.71. The van der Waals surface area contributed by atoms with Crippen LogP contribution in [-0.2, 0) is 16.1 Å². The molecule has 1 saturated heterocycles. The Balaban J connectivity index is 1.57. The maximum absolute atomic E-state index is 12.3. The van der Waals surface area contributed by atoms with Crippen molar-refractivity contribution in [3.05, 3.63) is 48.2 Å². The zero-order valence-corrected chi connectivity index (χ0v) is 14.9. The predicted octanol–water partition coefficient (Wildman–Crippen LogP) is 1.88. The molecule has 2 N–H and O–H groups in total. The molecule has 2 atom stereocenters. The quantitative estimate of drug-likeness (QED) is 0.821. The van der Waals surface area contributed by atoms with Crippen LogP contribution in [0, 0.1) is 0 Å². The molecule has 1 aliphatic rings. The van der Waals surface area contributed by atoms with E-state index in [1.807, 2.05) is 37.3 Å². The number of hydrogen-bond donors (Lipinski definition) is 2. The third-order valence-electron chi connectivity index (χ3n) is 4.15. The van der Waals surface area contributed by atoms with Gasteiger partial charge in [-0.05, 0) is 42.8 Å². The molecule has 1 fully saturated rings. The molecule has 1 aliphatic heterocycles. The molecule has 1 amide bonds. The lowest BCUT2D eigenvalue weighted by Gasteiger charge is -2.29. The maximum atomic E-state index is 12.3. The van der Waals surface area contributed by atoms with Gasteiger partial charge in [-0.1, -0.05) is 0 Å². The zero-order chi connectivity index (χ0) is 18.4. The van der Waals surface area contributed by atoms with Crippen LogP contribution in [0.25, 0.3) is 0 Å². The van der Waals surface area contributed by atoms with Crippen LogP contribution < -0.4 is 20.1 Å². The Hall–Kier alpha value is -2.64. The van der Waals surface area contributed by atoms with Crippen LogP contribution in [0.3, 0.4) is 0 Å². The number of benzene rings is 1. The van der Waals surface area contributed by atoms with Crippen molar-refractivity contribution in [3.63, 3.8) is 0 Å². The second-order valence-electron chi connectivity index (χ2n) is 6.01. The molecule has 138 valence electrons. The molecular weight excluding hydrogens is 334 g/mol. The number of amides is 1. The summed E-state index contributed by atoms with van der Waals surface area (Å²) in [5, 5.41) is 6.10. The monoisotopic (exact) mass is 357 g/mol. The number of carbonyl (C=O) groups excluding carboxylic acids is 1. The van der Waals surface area contributed by atoms with E-state index in [0.717, 1.165) is 11.3 Å². The molecule has 1 aromatic heterocycles. The molecule has 3 rings (SSSR count). The fraction of sp³-hybridized carbons (Fsp3) is 0.368. The van der Waals surface area contributed by atoms with Gasteiger partial charge in [-0.2, -0.15) is 0 Å². The van der Waals surface area contributed by atoms with Gasteiger partial charge < -0.3 is 24.8 Å². The summed E-state index contributed by atoms with van der Waals surface area (Å²) >= 11 is 0. The Morgan fingerprint density at radius 1 is 1.31 bits per heavy atom. The lowest BCUT2D eigenvalue weighted by molar-refractivity contribution is -0.129. The van der Waals surface area contributed by atoms with Gasteiger partial charge in [0.1, 0.15) is 17.5 Å². The minimum Gasteiger partial charge on any atom is -0.497 e. The second-order valence-corrected chi connectivity index (χ2v) is 6.01. The number of nitrogens with one attached hydrogen (secondary N) is 2. The Kier molecular flexibility index (Phi) is 6.04. The summed E-state index contributed by atoms with van der Waals surface area (Å²) in [4.78, 5) is 16.5. The largest absolute Gasteiger partial charge is 0.497 e. The summed E-state index contributed by atoms with van der Waals surface area (Å²) in [7, 11) is 1.62. The van der Waals surface area contributed by atoms with Gasteiger partial charge in [0.15, 0.2) is 0 Å². The third-order valence-corrected chi connectivity index (χ3v) is 4.15. The number of nitrogens with zero attached hydrogens (tertiary/aromatic N) is 1. The molecule has 0 radical (unpaired) electrons. The summed E-state index contributed by atoms with van der Waals surface area (Å²) in [6.45, 7) is 3.59. The smallest absolute Gasteiger partial charge is 0.240 e. The molecule has 2 aromatic rings. The van der Waals surface area contributed by atoms with Gasteiger partial charge in [0.05, 0.1) is 19.8 Å². The molecular formula is C19H23N3O4. The topological polar surface area (TPSA) is 81.7 Å². The number of carbonyl (C=O) groups is 1. The van der Waals surface area contributed by atoms with Gasteiger partial charge in [-0.25, -0.2) is 4.98 Å². The molecule has 26 heavy (non-hydrogen) atoms. The SMILES string of the molecule is COc1ccc(Oc2cc(CNC(=O)[C@H]3NCCO[C@@H]3C)ccn2)cc1. The van der Waals surface area contributed by atoms with Gasteiger partial charge in [-0.3, -0.25) is 4.79 Å². The Morgan fingerprint density at radius 2 is 2.08 bits per heavy atom. The minimum atomic E-state index is -0.333. The van der Waals surface area contributed by atoms with E-state index >= 15 is 0 Å². The predicted molar refractivity (Wildman–Crippen MR) is 96.4 cm³/mol. The highest BCUT2D eigenvalue weighted by Crippen LogP contribution is 2.22. The van der Waals surface area contributed by atoms with Crippen LogP contribution in [0.2, 0.25) is 0 Å². The molecule has 0 aliphatic carbocycles. The fourth-order valence-corrected chi connectivity index (χ4v) is 2.71. The Morgan fingerprint density at radius 3 is 2.81 bits per heavy atom. The van der Waals surface area contributed by atoms with E-state index < -0.39 is 0 Å². The second kappa shape index (κ2) is 8.64. The number of rotatable bonds is 6. The van der Waals surface area contributed by atoms with E-state index in [9.17, 15) is 4.79 Å². The lowest BCUT2D eigenvalue weighted by atomic mass is 10.1. The van der Waals surface area contributed by atoms with Crippen molar-refractivity contribution in [1.29, 1.82) is 0 Å². The minimum absolute atomic E-state index is 0.0772. The van der Waals surface area contributed by atoms with Crippen LogP contribution in [0.15, 0.2) is 42.6 Å². The molecule has 0 bridgehead atoms. The maximum Gasteiger partial charge on any atom is 0.240 e. The van der Waals surface area contributed by atoms with Gasteiger partial charge in [0, 0.05) is 25.4 Å². The van der Waals surface area contributed by atoms with Crippen LogP contribution >= 0.6 is 0 Å². The van der Waals surface area contributed by atoms with Crippen molar-refractivity contribution in [3.8, 4) is 17.4 Å². The van der Waals surface area contributed by atoms with Crippen molar-refractivity contribution >= 4 is 5.91 Å². The summed E-state index contributed by atoms with van der Waals surface area (Å²) in [6, 6.07) is 10.6. The standard InChI is InChI=1S/C19H23N3O4/c1-13-18(21-9-10-25-13)19(23)22-12-14-7-8-20-17(11-14)26-16-5-3-15(24-2)4-6-16/h3-8,11,13,18,21H,9-10,12H2,1-2H3,(H,22,23)/t13-,18+/m1/s1. The van der Waals surface area contributed by atoms with Gasteiger partial charge in [0.2, 0.25) is 11.8 Å². The fourth-order valence-electron chi connectivity index (χ4n) is 2.71. The molecule has 7 heteroatoms. The van der Waals surface area contributed by atoms with Crippen LogP contribution in [-0.4, -0.2) is 43.3 Å². The van der Waals surface area contributed by atoms with E-state index in [1.54, 1.807) is 19.4 Å². The first-order valence-electron chi connectivity index (χ1n) is 8.55. The molecule has 7 nitrogen and oxygen atoms in total. The summed E-state index contributed by atoms with van der Waals surface area (Å²) in [5.41, 5.74) is 0.904. The average Bonchev–Trinajstić information content (AvgIpc) is 2.67. The highest BCUT2D eigenvalue weighted by Gasteiger charge is 2.27. The highest BCUT2D eigenvalue weighted by atomic mass is 16.5. The first-order chi connectivity index (χ1) is 12.7. The number of pyridine rings is 1. The van der Waals surface area contributed by atoms with Crippen LogP contribution in [0.5, 0.6) is 17.4 Å². The van der Waals surface area contributed by atoms with E-state index in [4.69, 9.17) is 14.2 Å². The van der Waals surface area contributed by atoms with E-state index in [-0.39, 0.29) is 18.1 Å². The van der Waals surface area contributed by atoms with E-state index in [1.165, 1.54) is 0 Å². The summed E-state index contributed by atoms with van der Waals surface area (Å²) in [5.74, 6) is 1.81. The number of methoxy groups -OCH3 is 1. The van der Waals surface area contributed by atoms with Gasteiger partial charge >= 0.3 is 0 Å². The van der Waals surface area contributed by atoms with Crippen molar-refractivity contribution in [2.24, 2.45) is 0 Å². The molecule has 0 saturated carbocycles. The molecule has 0 unspecified atom stereocenters. The van der Waals surface area contributed by atoms with Crippen molar-refractivity contribution in [1.82, 2.24) is 15.6 Å². The normalized spacial score (nSPS) is 19.6. The first-order valence-corrected chi connectivity index (χ1v) is 8.55. The molecule has 2 heterocycles. The Labute approximate surface area is 152 Å². The van der Waals surface area contributed by atoms with Crippen LogP contribution in [0.4, 0.5) is 0 Å². The lowest BCUT2D eigenvalue weighted by Crippen LogP contribution is -2.55. The average molecular weight is 357 g/mol. The van der Waals surface area contributed by atoms with Crippen molar-refractivity contribution in [2.45, 2.75) is 25.6 Å². The summed E-state index contributed by atoms with van der Waals surface area (Å²) in [6.07, 6.45) is 1.51. The molecule has 1 aromatic carbocycles. The number of morpholine rings is 1. The molecule has 0 spiro atoms. The summed E-state index contributed by atoms with van der Waals surface area (Å²) < 4.78 is 16.4. The first kappa shape index (κ1) is 18.2. The van der Waals surface area contributed by atoms with Crippen LogP contribution in [0.1, 0.15) is 12.5 Å². The van der Waals surface area contributed by atoms with E-state index in [2.05, 4.69) is 15.6 Å². The van der Waals surface area contributed by atoms with E-state index in [0.29, 0.717) is 31.3 Å². The van der Waals surface area contributed by atoms with Gasteiger partial charge in [-0.15, -0.1) is 0 Å². The zero-order valence-electron chi connectivity index (χ0n) is 14.9. The number of aromatic nitrogens is 1. The number of ether oxygens (including phenoxy) is 3. The Bertz CT molecular complexity index is 736. The van der Waals surface area contributed by atoms with Crippen molar-refractivity contribution < 1.29 is 19.0 Å². The highest BCUT2D eigenvalue weighted by molar-refractivity contribution is 5.82. The number of hydrogen-bond acceptors (Lipinski definition) is 6. The van der Waals surface area contributed by atoms with Crippen molar-refractivity contribution in [2.75, 3.05) is 20.3 Å². The van der Waals surface area contributed by atoms with Gasteiger partial charge in [0.25, 0.3) is 0 Å².